The van der Waals surface area contributed by atoms with Gasteiger partial charge >= 0.3 is 5.97 Å². The number of carbonyl (C=O) groups is 1. The molecule has 0 spiro atoms. The van der Waals surface area contributed by atoms with Gasteiger partial charge in [-0.1, -0.05) is 12.1 Å². The number of aliphatic carboxylic acids is 1. The Morgan fingerprint density at radius 3 is 2.77 bits per heavy atom. The van der Waals surface area contributed by atoms with Crippen LogP contribution in [0.15, 0.2) is 30.5 Å². The Morgan fingerprint density at radius 1 is 1.27 bits per heavy atom. The highest BCUT2D eigenvalue weighted by molar-refractivity contribution is 7.15. The number of carboxylic acid groups (broad SMARTS) is 1. The molecule has 26 heavy (non-hydrogen) atoms. The van der Waals surface area contributed by atoms with Gasteiger partial charge in [0.25, 0.3) is 0 Å². The SMILES string of the molecule is Nc1cccc2cc(-c3ncc(CN4CCN(CC(=O)O)CC4)s3)[nH]c12. The van der Waals surface area contributed by atoms with E-state index >= 15 is 0 Å². The van der Waals surface area contributed by atoms with Gasteiger partial charge in [0.1, 0.15) is 5.01 Å². The summed E-state index contributed by atoms with van der Waals surface area (Å²) in [4.78, 5) is 24.3. The number of anilines is 1. The molecule has 1 aliphatic heterocycles. The maximum absolute atomic E-state index is 10.8. The summed E-state index contributed by atoms with van der Waals surface area (Å²) in [5, 5.41) is 10.9. The number of hydrogen-bond acceptors (Lipinski definition) is 6. The van der Waals surface area contributed by atoms with Crippen LogP contribution in [0.5, 0.6) is 0 Å². The van der Waals surface area contributed by atoms with Crippen LogP contribution >= 0.6 is 11.3 Å². The van der Waals surface area contributed by atoms with Crippen molar-refractivity contribution in [1.82, 2.24) is 19.8 Å². The fourth-order valence-electron chi connectivity index (χ4n) is 3.32. The number of para-hydroxylation sites is 1. The summed E-state index contributed by atoms with van der Waals surface area (Å²) in [7, 11) is 0. The Bertz CT molecular complexity index is 927. The Hall–Kier alpha value is -2.42. The third kappa shape index (κ3) is 3.57. The number of hydrogen-bond donors (Lipinski definition) is 3. The van der Waals surface area contributed by atoms with E-state index in [0.717, 1.165) is 60.0 Å². The Labute approximate surface area is 155 Å². The highest BCUT2D eigenvalue weighted by atomic mass is 32.1. The molecule has 0 bridgehead atoms. The molecule has 0 unspecified atom stereocenters. The Morgan fingerprint density at radius 2 is 2.04 bits per heavy atom. The van der Waals surface area contributed by atoms with E-state index in [2.05, 4.69) is 20.9 Å². The summed E-state index contributed by atoms with van der Waals surface area (Å²) in [6.07, 6.45) is 1.93. The zero-order valence-corrected chi connectivity index (χ0v) is 15.1. The predicted molar refractivity (Wildman–Crippen MR) is 103 cm³/mol. The average molecular weight is 371 g/mol. The van der Waals surface area contributed by atoms with Crippen molar-refractivity contribution in [3.63, 3.8) is 0 Å². The molecular weight excluding hydrogens is 350 g/mol. The number of fused-ring (bicyclic) bond motifs is 1. The van der Waals surface area contributed by atoms with Crippen molar-refractivity contribution in [2.24, 2.45) is 0 Å². The second-order valence-electron chi connectivity index (χ2n) is 6.57. The largest absolute Gasteiger partial charge is 0.480 e. The summed E-state index contributed by atoms with van der Waals surface area (Å²) in [6.45, 7) is 4.31. The van der Waals surface area contributed by atoms with Crippen molar-refractivity contribution < 1.29 is 9.90 Å². The number of aromatic nitrogens is 2. The van der Waals surface area contributed by atoms with Crippen LogP contribution in [0.1, 0.15) is 4.88 Å². The molecule has 4 rings (SSSR count). The maximum Gasteiger partial charge on any atom is 0.317 e. The maximum atomic E-state index is 10.8. The van der Waals surface area contributed by atoms with E-state index in [0.29, 0.717) is 0 Å². The summed E-state index contributed by atoms with van der Waals surface area (Å²) in [6, 6.07) is 7.96. The van der Waals surface area contributed by atoms with E-state index in [1.165, 1.54) is 4.88 Å². The number of nitrogen functional groups attached to an aromatic ring is 1. The van der Waals surface area contributed by atoms with Crippen LogP contribution in [0.4, 0.5) is 5.69 Å². The van der Waals surface area contributed by atoms with Crippen LogP contribution in [0.2, 0.25) is 0 Å². The van der Waals surface area contributed by atoms with Crippen molar-refractivity contribution >= 4 is 33.9 Å². The van der Waals surface area contributed by atoms with Crippen LogP contribution in [0, 0.1) is 0 Å². The number of carboxylic acids is 1. The molecule has 0 saturated carbocycles. The van der Waals surface area contributed by atoms with Gasteiger partial charge in [0.05, 0.1) is 23.4 Å². The molecule has 1 aromatic carbocycles. The number of nitrogens with one attached hydrogen (secondary N) is 1. The second-order valence-corrected chi connectivity index (χ2v) is 7.69. The van der Waals surface area contributed by atoms with Crippen LogP contribution in [-0.4, -0.2) is 63.6 Å². The van der Waals surface area contributed by atoms with Gasteiger partial charge in [0, 0.05) is 49.2 Å². The van der Waals surface area contributed by atoms with Crippen molar-refractivity contribution in [3.8, 4) is 10.7 Å². The first-order chi connectivity index (χ1) is 12.6. The monoisotopic (exact) mass is 371 g/mol. The van der Waals surface area contributed by atoms with Gasteiger partial charge in [-0.3, -0.25) is 14.6 Å². The number of nitrogens with two attached hydrogens (primary N) is 1. The number of nitrogens with zero attached hydrogens (tertiary/aromatic N) is 3. The molecule has 8 heteroatoms. The highest BCUT2D eigenvalue weighted by Crippen LogP contribution is 2.30. The van der Waals surface area contributed by atoms with Gasteiger partial charge in [-0.25, -0.2) is 4.98 Å². The average Bonchev–Trinajstić information content (AvgIpc) is 3.23. The topological polar surface area (TPSA) is 98.5 Å². The van der Waals surface area contributed by atoms with Gasteiger partial charge in [-0.05, 0) is 12.1 Å². The van der Waals surface area contributed by atoms with Gasteiger partial charge in [-0.15, -0.1) is 11.3 Å². The molecule has 3 aromatic rings. The summed E-state index contributed by atoms with van der Waals surface area (Å²) < 4.78 is 0. The van der Waals surface area contributed by atoms with Crippen molar-refractivity contribution in [1.29, 1.82) is 0 Å². The molecule has 0 radical (unpaired) electrons. The highest BCUT2D eigenvalue weighted by Gasteiger charge is 2.19. The lowest BCUT2D eigenvalue weighted by Gasteiger charge is -2.33. The standard InChI is InChI=1S/C18H21N5O2S/c19-14-3-1-2-12-8-15(21-17(12)14)18-20-9-13(26-18)10-22-4-6-23(7-5-22)11-16(24)25/h1-3,8-9,21H,4-7,10-11,19H2,(H,24,25). The molecule has 4 N–H and O–H groups in total. The number of aromatic amines is 1. The van der Waals surface area contributed by atoms with E-state index in [1.807, 2.05) is 29.3 Å². The molecule has 2 aromatic heterocycles. The number of H-pyrrole nitrogens is 1. The molecule has 1 fully saturated rings. The second kappa shape index (κ2) is 7.06. The summed E-state index contributed by atoms with van der Waals surface area (Å²) in [5.74, 6) is -0.760. The first-order valence-electron chi connectivity index (χ1n) is 8.57. The minimum absolute atomic E-state index is 0.127. The van der Waals surface area contributed by atoms with Crippen molar-refractivity contribution in [3.05, 3.63) is 35.3 Å². The molecule has 0 atom stereocenters. The van der Waals surface area contributed by atoms with E-state index < -0.39 is 5.97 Å². The molecule has 1 saturated heterocycles. The molecule has 0 amide bonds. The van der Waals surface area contributed by atoms with Crippen LogP contribution in [0.25, 0.3) is 21.6 Å². The van der Waals surface area contributed by atoms with Crippen LogP contribution < -0.4 is 5.73 Å². The zero-order chi connectivity index (χ0) is 18.1. The van der Waals surface area contributed by atoms with Crippen LogP contribution in [0.3, 0.4) is 0 Å². The lowest BCUT2D eigenvalue weighted by Crippen LogP contribution is -2.47. The Kier molecular flexibility index (Phi) is 4.62. The lowest BCUT2D eigenvalue weighted by atomic mass is 10.2. The minimum atomic E-state index is -0.760. The lowest BCUT2D eigenvalue weighted by molar-refractivity contribution is -0.138. The first-order valence-corrected chi connectivity index (χ1v) is 9.39. The van der Waals surface area contributed by atoms with Gasteiger partial charge in [-0.2, -0.15) is 0 Å². The quantitative estimate of drug-likeness (QED) is 0.594. The first kappa shape index (κ1) is 17.0. The smallest absolute Gasteiger partial charge is 0.317 e. The van der Waals surface area contributed by atoms with Gasteiger partial charge < -0.3 is 15.8 Å². The van der Waals surface area contributed by atoms with E-state index in [-0.39, 0.29) is 6.54 Å². The van der Waals surface area contributed by atoms with Crippen molar-refractivity contribution in [2.75, 3.05) is 38.5 Å². The summed E-state index contributed by atoms with van der Waals surface area (Å²) in [5.41, 5.74) is 8.70. The molecule has 0 aliphatic carbocycles. The number of benzene rings is 1. The molecule has 7 nitrogen and oxygen atoms in total. The number of piperazine rings is 1. The summed E-state index contributed by atoms with van der Waals surface area (Å²) >= 11 is 1.68. The molecule has 1 aliphatic rings. The normalized spacial score (nSPS) is 16.3. The van der Waals surface area contributed by atoms with E-state index in [9.17, 15) is 4.79 Å². The van der Waals surface area contributed by atoms with E-state index in [1.54, 1.807) is 11.3 Å². The molecular formula is C18H21N5O2S. The van der Waals surface area contributed by atoms with E-state index in [4.69, 9.17) is 10.8 Å². The third-order valence-electron chi connectivity index (χ3n) is 4.68. The number of thiazole rings is 1. The Balaban J connectivity index is 1.42. The van der Waals surface area contributed by atoms with Crippen molar-refractivity contribution in [2.45, 2.75) is 6.54 Å². The fraction of sp³-hybridized carbons (Fsp3) is 0.333. The fourth-order valence-corrected chi connectivity index (χ4v) is 4.24. The number of rotatable bonds is 5. The van der Waals surface area contributed by atoms with Gasteiger partial charge in [0.15, 0.2) is 0 Å². The zero-order valence-electron chi connectivity index (χ0n) is 14.3. The van der Waals surface area contributed by atoms with Gasteiger partial charge in [0.2, 0.25) is 0 Å². The molecule has 136 valence electrons. The van der Waals surface area contributed by atoms with Crippen LogP contribution in [-0.2, 0) is 11.3 Å². The predicted octanol–water partition coefficient (Wildman–Crippen LogP) is 2.08. The third-order valence-corrected chi connectivity index (χ3v) is 5.69. The molecule has 3 heterocycles. The minimum Gasteiger partial charge on any atom is -0.480 e.